The monoisotopic (exact) mass is 216 g/mol. The lowest BCUT2D eigenvalue weighted by Gasteiger charge is -2.10. The van der Waals surface area contributed by atoms with E-state index in [2.05, 4.69) is 29.9 Å². The van der Waals surface area contributed by atoms with Crippen molar-refractivity contribution in [1.29, 1.82) is 0 Å². The van der Waals surface area contributed by atoms with Crippen LogP contribution in [0.4, 0.5) is 0 Å². The Hall–Kier alpha value is -1.64. The molecular formula is C13H16N2O. The maximum atomic E-state index is 5.50. The smallest absolute Gasteiger partial charge is 0.224 e. The molecule has 0 aliphatic heterocycles. The molecule has 0 radical (unpaired) electrons. The van der Waals surface area contributed by atoms with Crippen LogP contribution in [0.3, 0.4) is 0 Å². The first-order valence-electron chi connectivity index (χ1n) is 5.60. The van der Waals surface area contributed by atoms with Gasteiger partial charge >= 0.3 is 0 Å². The van der Waals surface area contributed by atoms with Gasteiger partial charge in [-0.3, -0.25) is 0 Å². The molecule has 0 saturated carbocycles. The van der Waals surface area contributed by atoms with Crippen LogP contribution in [-0.4, -0.2) is 16.6 Å². The first kappa shape index (κ1) is 10.9. The van der Waals surface area contributed by atoms with Crippen LogP contribution in [0, 0.1) is 0 Å². The Balaban J connectivity index is 2.66. The fourth-order valence-electron chi connectivity index (χ4n) is 1.80. The molecular weight excluding hydrogens is 200 g/mol. The molecule has 0 amide bonds. The molecule has 84 valence electrons. The molecule has 0 fully saturated rings. The van der Waals surface area contributed by atoms with E-state index in [1.807, 2.05) is 19.1 Å². The average molecular weight is 216 g/mol. The minimum Gasteiger partial charge on any atom is -0.477 e. The SMILES string of the molecule is CCOc1ncnc2c(C(C)C)cccc12. The Morgan fingerprint density at radius 2 is 2.06 bits per heavy atom. The van der Waals surface area contributed by atoms with Gasteiger partial charge in [-0.2, -0.15) is 0 Å². The molecule has 0 atom stereocenters. The third kappa shape index (κ3) is 1.85. The fourth-order valence-corrected chi connectivity index (χ4v) is 1.80. The lowest BCUT2D eigenvalue weighted by Crippen LogP contribution is -1.98. The van der Waals surface area contributed by atoms with E-state index >= 15 is 0 Å². The summed E-state index contributed by atoms with van der Waals surface area (Å²) in [6.45, 7) is 6.91. The van der Waals surface area contributed by atoms with E-state index < -0.39 is 0 Å². The van der Waals surface area contributed by atoms with Gasteiger partial charge in [-0.1, -0.05) is 26.0 Å². The van der Waals surface area contributed by atoms with Gasteiger partial charge in [0.2, 0.25) is 5.88 Å². The number of ether oxygens (including phenoxy) is 1. The minimum atomic E-state index is 0.452. The number of aromatic nitrogens is 2. The molecule has 0 N–H and O–H groups in total. The Morgan fingerprint density at radius 3 is 2.75 bits per heavy atom. The second-order valence-electron chi connectivity index (χ2n) is 4.01. The highest BCUT2D eigenvalue weighted by Crippen LogP contribution is 2.27. The Labute approximate surface area is 95.5 Å². The van der Waals surface area contributed by atoms with Gasteiger partial charge in [0.1, 0.15) is 6.33 Å². The zero-order valence-electron chi connectivity index (χ0n) is 9.90. The van der Waals surface area contributed by atoms with Crippen molar-refractivity contribution in [1.82, 2.24) is 9.97 Å². The number of benzene rings is 1. The molecule has 0 unspecified atom stereocenters. The fraction of sp³-hybridized carbons (Fsp3) is 0.385. The highest BCUT2D eigenvalue weighted by atomic mass is 16.5. The quantitative estimate of drug-likeness (QED) is 0.790. The Kier molecular flexibility index (Phi) is 3.04. The third-order valence-corrected chi connectivity index (χ3v) is 2.56. The van der Waals surface area contributed by atoms with Crippen molar-refractivity contribution in [3.8, 4) is 5.88 Å². The first-order chi connectivity index (χ1) is 7.74. The van der Waals surface area contributed by atoms with Crippen molar-refractivity contribution in [3.63, 3.8) is 0 Å². The van der Waals surface area contributed by atoms with Gasteiger partial charge in [-0.05, 0) is 24.5 Å². The Morgan fingerprint density at radius 1 is 1.25 bits per heavy atom. The normalized spacial score (nSPS) is 11.0. The molecule has 16 heavy (non-hydrogen) atoms. The summed E-state index contributed by atoms with van der Waals surface area (Å²) in [5, 5.41) is 0.996. The second-order valence-corrected chi connectivity index (χ2v) is 4.01. The molecule has 0 spiro atoms. The summed E-state index contributed by atoms with van der Waals surface area (Å²) >= 11 is 0. The molecule has 1 aromatic heterocycles. The third-order valence-electron chi connectivity index (χ3n) is 2.56. The molecule has 1 heterocycles. The lowest BCUT2D eigenvalue weighted by atomic mass is 10.0. The summed E-state index contributed by atoms with van der Waals surface area (Å²) in [6, 6.07) is 6.14. The van der Waals surface area contributed by atoms with Crippen LogP contribution in [0.2, 0.25) is 0 Å². The maximum Gasteiger partial charge on any atom is 0.224 e. The van der Waals surface area contributed by atoms with Crippen LogP contribution >= 0.6 is 0 Å². The van der Waals surface area contributed by atoms with E-state index in [1.165, 1.54) is 5.56 Å². The summed E-state index contributed by atoms with van der Waals surface area (Å²) in [5.41, 5.74) is 2.23. The van der Waals surface area contributed by atoms with Crippen LogP contribution in [0.25, 0.3) is 10.9 Å². The summed E-state index contributed by atoms with van der Waals surface area (Å²) in [7, 11) is 0. The minimum absolute atomic E-state index is 0.452. The van der Waals surface area contributed by atoms with E-state index in [4.69, 9.17) is 4.74 Å². The van der Waals surface area contributed by atoms with Gasteiger partial charge in [-0.15, -0.1) is 0 Å². The van der Waals surface area contributed by atoms with Crippen molar-refractivity contribution >= 4 is 10.9 Å². The highest BCUT2D eigenvalue weighted by Gasteiger charge is 2.09. The average Bonchev–Trinajstić information content (AvgIpc) is 2.29. The predicted molar refractivity (Wildman–Crippen MR) is 64.8 cm³/mol. The van der Waals surface area contributed by atoms with Crippen molar-refractivity contribution < 1.29 is 4.74 Å². The van der Waals surface area contributed by atoms with E-state index in [9.17, 15) is 0 Å². The van der Waals surface area contributed by atoms with Gasteiger partial charge in [-0.25, -0.2) is 9.97 Å². The molecule has 2 rings (SSSR count). The summed E-state index contributed by atoms with van der Waals surface area (Å²) < 4.78 is 5.50. The topological polar surface area (TPSA) is 35.0 Å². The van der Waals surface area contributed by atoms with Crippen LogP contribution in [0.1, 0.15) is 32.3 Å². The van der Waals surface area contributed by atoms with Gasteiger partial charge in [0.25, 0.3) is 0 Å². The van der Waals surface area contributed by atoms with E-state index in [0.717, 1.165) is 10.9 Å². The first-order valence-corrected chi connectivity index (χ1v) is 5.60. The second kappa shape index (κ2) is 4.47. The summed E-state index contributed by atoms with van der Waals surface area (Å²) in [4.78, 5) is 8.52. The van der Waals surface area contributed by atoms with Crippen LogP contribution in [0.15, 0.2) is 24.5 Å². The van der Waals surface area contributed by atoms with Crippen LogP contribution in [-0.2, 0) is 0 Å². The van der Waals surface area contributed by atoms with Crippen molar-refractivity contribution in [2.24, 2.45) is 0 Å². The van der Waals surface area contributed by atoms with Crippen LogP contribution in [0.5, 0.6) is 5.88 Å². The number of nitrogens with zero attached hydrogens (tertiary/aromatic N) is 2. The van der Waals surface area contributed by atoms with E-state index in [-0.39, 0.29) is 0 Å². The van der Waals surface area contributed by atoms with Crippen LogP contribution < -0.4 is 4.74 Å². The zero-order chi connectivity index (χ0) is 11.5. The largest absolute Gasteiger partial charge is 0.477 e. The molecule has 1 aromatic carbocycles. The number of para-hydroxylation sites is 1. The molecule has 0 bridgehead atoms. The van der Waals surface area contributed by atoms with Gasteiger partial charge < -0.3 is 4.74 Å². The predicted octanol–water partition coefficient (Wildman–Crippen LogP) is 3.15. The van der Waals surface area contributed by atoms with Gasteiger partial charge in [0.15, 0.2) is 0 Å². The van der Waals surface area contributed by atoms with Crippen molar-refractivity contribution in [3.05, 3.63) is 30.1 Å². The molecule has 0 aliphatic carbocycles. The lowest BCUT2D eigenvalue weighted by molar-refractivity contribution is 0.331. The standard InChI is InChI=1S/C13H16N2O/c1-4-16-13-11-7-5-6-10(9(2)3)12(11)14-8-15-13/h5-9H,4H2,1-3H3. The molecule has 0 saturated heterocycles. The van der Waals surface area contributed by atoms with E-state index in [0.29, 0.717) is 18.4 Å². The summed E-state index contributed by atoms with van der Waals surface area (Å²) in [5.74, 6) is 1.13. The van der Waals surface area contributed by atoms with Gasteiger partial charge in [0, 0.05) is 0 Å². The maximum absolute atomic E-state index is 5.50. The van der Waals surface area contributed by atoms with Crippen molar-refractivity contribution in [2.45, 2.75) is 26.7 Å². The molecule has 3 nitrogen and oxygen atoms in total. The Bertz CT molecular complexity index is 494. The van der Waals surface area contributed by atoms with E-state index in [1.54, 1.807) is 6.33 Å². The van der Waals surface area contributed by atoms with Crippen molar-refractivity contribution in [2.75, 3.05) is 6.61 Å². The zero-order valence-corrected chi connectivity index (χ0v) is 9.90. The molecule has 2 aromatic rings. The molecule has 0 aliphatic rings. The number of hydrogen-bond donors (Lipinski definition) is 0. The summed E-state index contributed by atoms with van der Waals surface area (Å²) in [6.07, 6.45) is 1.57. The number of hydrogen-bond acceptors (Lipinski definition) is 3. The number of fused-ring (bicyclic) bond motifs is 1. The molecule has 3 heteroatoms. The van der Waals surface area contributed by atoms with Gasteiger partial charge in [0.05, 0.1) is 17.5 Å². The highest BCUT2D eigenvalue weighted by molar-refractivity contribution is 5.86. The number of rotatable bonds is 3.